The number of rotatable bonds is 1. The molecule has 0 bridgehead atoms. The Kier molecular flexibility index (Phi) is 1.65. The average Bonchev–Trinajstić information content (AvgIpc) is 2.19. The minimum atomic E-state index is -0.550. The highest BCUT2D eigenvalue weighted by atomic mass is 16.2. The van der Waals surface area contributed by atoms with Gasteiger partial charge in [0.15, 0.2) is 0 Å². The molecular weight excluding hydrogens is 166 g/mol. The van der Waals surface area contributed by atoms with Crippen LogP contribution in [-0.4, -0.2) is 23.8 Å². The zero-order chi connectivity index (χ0) is 9.42. The SMILES string of the molecule is CN1C(=O)C(c2ccccc2)C1=O. The maximum absolute atomic E-state index is 11.3. The lowest BCUT2D eigenvalue weighted by Gasteiger charge is -2.32. The highest BCUT2D eigenvalue weighted by Gasteiger charge is 2.44. The number of likely N-dealkylation sites (N-methyl/N-ethyl adjacent to an activating group) is 1. The van der Waals surface area contributed by atoms with Crippen molar-refractivity contribution in [3.05, 3.63) is 35.9 Å². The van der Waals surface area contributed by atoms with Crippen LogP contribution in [0.1, 0.15) is 11.5 Å². The summed E-state index contributed by atoms with van der Waals surface area (Å²) < 4.78 is 0. The van der Waals surface area contributed by atoms with E-state index >= 15 is 0 Å². The van der Waals surface area contributed by atoms with E-state index in [1.807, 2.05) is 18.2 Å². The number of amides is 2. The van der Waals surface area contributed by atoms with E-state index < -0.39 is 5.92 Å². The number of likely N-dealkylation sites (tertiary alicyclic amines) is 1. The minimum Gasteiger partial charge on any atom is -0.284 e. The number of carbonyl (C=O) groups excluding carboxylic acids is 2. The van der Waals surface area contributed by atoms with Gasteiger partial charge < -0.3 is 0 Å². The van der Waals surface area contributed by atoms with Crippen molar-refractivity contribution in [3.8, 4) is 0 Å². The molecule has 2 amide bonds. The van der Waals surface area contributed by atoms with Crippen molar-refractivity contribution in [1.82, 2.24) is 4.90 Å². The first kappa shape index (κ1) is 7.98. The number of benzene rings is 1. The molecule has 0 radical (unpaired) electrons. The largest absolute Gasteiger partial charge is 0.284 e. The lowest BCUT2D eigenvalue weighted by Crippen LogP contribution is -2.53. The molecule has 3 nitrogen and oxygen atoms in total. The van der Waals surface area contributed by atoms with Gasteiger partial charge in [0, 0.05) is 7.05 Å². The maximum atomic E-state index is 11.3. The van der Waals surface area contributed by atoms with Gasteiger partial charge in [-0.25, -0.2) is 0 Å². The van der Waals surface area contributed by atoms with E-state index in [2.05, 4.69) is 0 Å². The van der Waals surface area contributed by atoms with Crippen molar-refractivity contribution in [2.24, 2.45) is 0 Å². The monoisotopic (exact) mass is 175 g/mol. The van der Waals surface area contributed by atoms with Gasteiger partial charge in [-0.3, -0.25) is 14.5 Å². The van der Waals surface area contributed by atoms with Crippen LogP contribution in [0.2, 0.25) is 0 Å². The molecule has 66 valence electrons. The molecule has 0 saturated carbocycles. The molecular formula is C10H9NO2. The zero-order valence-corrected chi connectivity index (χ0v) is 7.23. The Balaban J connectivity index is 2.30. The summed E-state index contributed by atoms with van der Waals surface area (Å²) in [7, 11) is 1.50. The van der Waals surface area contributed by atoms with Crippen molar-refractivity contribution in [3.63, 3.8) is 0 Å². The Morgan fingerprint density at radius 1 is 1.08 bits per heavy atom. The van der Waals surface area contributed by atoms with E-state index in [1.165, 1.54) is 7.05 Å². The summed E-state index contributed by atoms with van der Waals surface area (Å²) in [6, 6.07) is 9.12. The number of hydrogen-bond donors (Lipinski definition) is 0. The highest BCUT2D eigenvalue weighted by Crippen LogP contribution is 2.28. The molecule has 0 atom stereocenters. The summed E-state index contributed by atoms with van der Waals surface area (Å²) in [5.41, 5.74) is 0.788. The van der Waals surface area contributed by atoms with Crippen LogP contribution in [0.15, 0.2) is 30.3 Å². The first-order valence-corrected chi connectivity index (χ1v) is 4.08. The Morgan fingerprint density at radius 3 is 2.15 bits per heavy atom. The van der Waals surface area contributed by atoms with Crippen molar-refractivity contribution < 1.29 is 9.59 Å². The van der Waals surface area contributed by atoms with Crippen LogP contribution >= 0.6 is 0 Å². The Hall–Kier alpha value is -1.64. The lowest BCUT2D eigenvalue weighted by molar-refractivity contribution is -0.158. The molecule has 0 aliphatic carbocycles. The number of hydrogen-bond acceptors (Lipinski definition) is 2. The Labute approximate surface area is 76.0 Å². The second-order valence-electron chi connectivity index (χ2n) is 3.08. The summed E-state index contributed by atoms with van der Waals surface area (Å²) >= 11 is 0. The van der Waals surface area contributed by atoms with Crippen molar-refractivity contribution >= 4 is 11.8 Å². The Morgan fingerprint density at radius 2 is 1.62 bits per heavy atom. The summed E-state index contributed by atoms with van der Waals surface area (Å²) in [6.07, 6.45) is 0. The van der Waals surface area contributed by atoms with Crippen LogP contribution < -0.4 is 0 Å². The molecule has 1 fully saturated rings. The third-order valence-electron chi connectivity index (χ3n) is 2.29. The second-order valence-corrected chi connectivity index (χ2v) is 3.08. The van der Waals surface area contributed by atoms with Crippen LogP contribution in [0.3, 0.4) is 0 Å². The fourth-order valence-corrected chi connectivity index (χ4v) is 1.47. The molecule has 0 spiro atoms. The normalized spacial score (nSPS) is 17.5. The van der Waals surface area contributed by atoms with Gasteiger partial charge in [-0.05, 0) is 5.56 Å². The molecule has 0 aromatic heterocycles. The van der Waals surface area contributed by atoms with Crippen LogP contribution in [0, 0.1) is 0 Å². The summed E-state index contributed by atoms with van der Waals surface area (Å²) in [5, 5.41) is 0. The molecule has 13 heavy (non-hydrogen) atoms. The average molecular weight is 175 g/mol. The topological polar surface area (TPSA) is 37.4 Å². The van der Waals surface area contributed by atoms with Crippen molar-refractivity contribution in [2.45, 2.75) is 5.92 Å². The van der Waals surface area contributed by atoms with E-state index in [0.717, 1.165) is 10.5 Å². The van der Waals surface area contributed by atoms with E-state index in [9.17, 15) is 9.59 Å². The van der Waals surface area contributed by atoms with Gasteiger partial charge in [0.1, 0.15) is 5.92 Å². The summed E-state index contributed by atoms with van der Waals surface area (Å²) in [5.74, 6) is -0.779. The molecule has 1 heterocycles. The van der Waals surface area contributed by atoms with Crippen molar-refractivity contribution in [1.29, 1.82) is 0 Å². The number of nitrogens with zero attached hydrogens (tertiary/aromatic N) is 1. The molecule has 1 aromatic carbocycles. The van der Waals surface area contributed by atoms with Gasteiger partial charge >= 0.3 is 0 Å². The highest BCUT2D eigenvalue weighted by molar-refractivity contribution is 6.21. The second kappa shape index (κ2) is 2.69. The van der Waals surface area contributed by atoms with Crippen LogP contribution in [-0.2, 0) is 9.59 Å². The van der Waals surface area contributed by atoms with Crippen LogP contribution in [0.4, 0.5) is 0 Å². The standard InChI is InChI=1S/C10H9NO2/c1-11-9(12)8(10(11)13)7-5-3-2-4-6-7/h2-6,8H,1H3. The predicted molar refractivity (Wildman–Crippen MR) is 47.0 cm³/mol. The first-order valence-electron chi connectivity index (χ1n) is 4.08. The lowest BCUT2D eigenvalue weighted by atomic mass is 9.90. The maximum Gasteiger partial charge on any atom is 0.246 e. The number of β-lactam (4-membered cyclic amide) rings is 2. The van der Waals surface area contributed by atoms with Gasteiger partial charge in [-0.15, -0.1) is 0 Å². The quantitative estimate of drug-likeness (QED) is 0.467. The van der Waals surface area contributed by atoms with E-state index in [1.54, 1.807) is 12.1 Å². The molecule has 1 aliphatic heterocycles. The summed E-state index contributed by atoms with van der Waals surface area (Å²) in [6.45, 7) is 0. The predicted octanol–water partition coefficient (Wildman–Crippen LogP) is 0.769. The van der Waals surface area contributed by atoms with E-state index in [4.69, 9.17) is 0 Å². The fraction of sp³-hybridized carbons (Fsp3) is 0.200. The molecule has 0 N–H and O–H groups in total. The fourth-order valence-electron chi connectivity index (χ4n) is 1.47. The molecule has 1 aromatic rings. The minimum absolute atomic E-state index is 0.115. The molecule has 1 saturated heterocycles. The zero-order valence-electron chi connectivity index (χ0n) is 7.23. The van der Waals surface area contributed by atoms with Gasteiger partial charge in [0.05, 0.1) is 0 Å². The number of imide groups is 1. The molecule has 1 aliphatic rings. The van der Waals surface area contributed by atoms with Crippen LogP contribution in [0.25, 0.3) is 0 Å². The van der Waals surface area contributed by atoms with Gasteiger partial charge in [-0.2, -0.15) is 0 Å². The summed E-state index contributed by atoms with van der Waals surface area (Å²) in [4.78, 5) is 23.7. The number of carbonyl (C=O) groups is 2. The van der Waals surface area contributed by atoms with Gasteiger partial charge in [-0.1, -0.05) is 30.3 Å². The van der Waals surface area contributed by atoms with Gasteiger partial charge in [0.2, 0.25) is 11.8 Å². The molecule has 3 heteroatoms. The third kappa shape index (κ3) is 1.04. The van der Waals surface area contributed by atoms with E-state index in [-0.39, 0.29) is 11.8 Å². The van der Waals surface area contributed by atoms with E-state index in [0.29, 0.717) is 0 Å². The Bertz CT molecular complexity index is 342. The van der Waals surface area contributed by atoms with Crippen LogP contribution in [0.5, 0.6) is 0 Å². The third-order valence-corrected chi connectivity index (χ3v) is 2.29. The first-order chi connectivity index (χ1) is 6.22. The van der Waals surface area contributed by atoms with Gasteiger partial charge in [0.25, 0.3) is 0 Å². The smallest absolute Gasteiger partial charge is 0.246 e. The molecule has 0 unspecified atom stereocenters. The molecule has 2 rings (SSSR count). The van der Waals surface area contributed by atoms with Crippen molar-refractivity contribution in [2.75, 3.05) is 7.05 Å².